The van der Waals surface area contributed by atoms with Gasteiger partial charge in [0.1, 0.15) is 0 Å². The van der Waals surface area contributed by atoms with Gasteiger partial charge in [0.2, 0.25) is 5.78 Å². The molecule has 0 bridgehead atoms. The lowest BCUT2D eigenvalue weighted by atomic mass is 10.1. The number of H-pyrrole nitrogens is 1. The average molecular weight is 344 g/mol. The topological polar surface area (TPSA) is 111 Å². The van der Waals surface area contributed by atoms with Crippen molar-refractivity contribution in [2.24, 2.45) is 0 Å². The van der Waals surface area contributed by atoms with Crippen LogP contribution in [0, 0.1) is 20.8 Å². The van der Waals surface area contributed by atoms with Crippen LogP contribution in [0.15, 0.2) is 18.2 Å². The number of aromatic nitrogens is 1. The fourth-order valence-corrected chi connectivity index (χ4v) is 2.58. The van der Waals surface area contributed by atoms with E-state index in [1.54, 1.807) is 32.9 Å². The molecule has 3 N–H and O–H groups in total. The maximum atomic E-state index is 12.3. The maximum Gasteiger partial charge on any atom is 0.340 e. The molecule has 2 aromatic rings. The van der Waals surface area contributed by atoms with E-state index >= 15 is 0 Å². The van der Waals surface area contributed by atoms with Gasteiger partial charge in [0, 0.05) is 11.4 Å². The van der Waals surface area contributed by atoms with Crippen LogP contribution in [-0.2, 0) is 9.47 Å². The zero-order valence-electron chi connectivity index (χ0n) is 14.6. The van der Waals surface area contributed by atoms with E-state index in [1.165, 1.54) is 13.2 Å². The number of ketones is 1. The van der Waals surface area contributed by atoms with E-state index < -0.39 is 24.3 Å². The van der Waals surface area contributed by atoms with Gasteiger partial charge in [-0.15, -0.1) is 0 Å². The molecule has 0 unspecified atom stereocenters. The highest BCUT2D eigenvalue weighted by Crippen LogP contribution is 2.20. The van der Waals surface area contributed by atoms with Gasteiger partial charge in [0.05, 0.1) is 23.9 Å². The van der Waals surface area contributed by atoms with Crippen molar-refractivity contribution in [3.63, 3.8) is 0 Å². The molecule has 0 saturated heterocycles. The summed E-state index contributed by atoms with van der Waals surface area (Å²) in [6.07, 6.45) is 0. The third-order valence-electron chi connectivity index (χ3n) is 3.98. The molecular weight excluding hydrogens is 324 g/mol. The molecule has 25 heavy (non-hydrogen) atoms. The quantitative estimate of drug-likeness (QED) is 0.489. The monoisotopic (exact) mass is 344 g/mol. The SMILES string of the molecule is COC(=O)c1c(C)[nH]c(C(=O)COC(=O)c2cccc(C)c2N)c1C. The van der Waals surface area contributed by atoms with Crippen LogP contribution >= 0.6 is 0 Å². The minimum atomic E-state index is -0.677. The second-order valence-corrected chi connectivity index (χ2v) is 5.65. The summed E-state index contributed by atoms with van der Waals surface area (Å²) in [6.45, 7) is 4.60. The number of carbonyl (C=O) groups excluding carboxylic acids is 3. The Morgan fingerprint density at radius 1 is 1.12 bits per heavy atom. The predicted octanol–water partition coefficient (Wildman–Crippen LogP) is 2.35. The molecule has 0 saturated carbocycles. The van der Waals surface area contributed by atoms with Crippen molar-refractivity contribution in [3.8, 4) is 0 Å². The predicted molar refractivity (Wildman–Crippen MR) is 91.8 cm³/mol. The zero-order chi connectivity index (χ0) is 18.7. The lowest BCUT2D eigenvalue weighted by Crippen LogP contribution is -2.17. The summed E-state index contributed by atoms with van der Waals surface area (Å²) >= 11 is 0. The average Bonchev–Trinajstić information content (AvgIpc) is 2.88. The first kappa shape index (κ1) is 18.3. The summed E-state index contributed by atoms with van der Waals surface area (Å²) in [4.78, 5) is 39.1. The molecule has 0 aliphatic rings. The lowest BCUT2D eigenvalue weighted by molar-refractivity contribution is 0.0474. The van der Waals surface area contributed by atoms with Gasteiger partial charge in [-0.1, -0.05) is 12.1 Å². The second kappa shape index (κ2) is 7.21. The molecule has 2 rings (SSSR count). The number of benzene rings is 1. The molecule has 132 valence electrons. The normalized spacial score (nSPS) is 10.4. The molecule has 0 spiro atoms. The minimum Gasteiger partial charge on any atom is -0.465 e. The Balaban J connectivity index is 2.14. The van der Waals surface area contributed by atoms with Crippen molar-refractivity contribution in [1.29, 1.82) is 0 Å². The zero-order valence-corrected chi connectivity index (χ0v) is 14.6. The van der Waals surface area contributed by atoms with Crippen LogP contribution in [0.1, 0.15) is 48.0 Å². The Morgan fingerprint density at radius 3 is 2.44 bits per heavy atom. The standard InChI is InChI=1S/C18H20N2O5/c1-9-6-5-7-12(15(9)19)17(22)25-8-13(21)16-10(2)14(11(3)20-16)18(23)24-4/h5-7,20H,8,19H2,1-4H3. The van der Waals surface area contributed by atoms with Crippen LogP contribution in [0.25, 0.3) is 0 Å². The summed E-state index contributed by atoms with van der Waals surface area (Å²) in [7, 11) is 1.27. The molecule has 7 heteroatoms. The molecule has 1 heterocycles. The summed E-state index contributed by atoms with van der Waals surface area (Å²) in [5.74, 6) is -1.66. The van der Waals surface area contributed by atoms with Gasteiger partial charge in [0.25, 0.3) is 0 Å². The molecule has 0 fully saturated rings. The number of rotatable bonds is 5. The van der Waals surface area contributed by atoms with Crippen LogP contribution < -0.4 is 5.73 Å². The van der Waals surface area contributed by atoms with Crippen LogP contribution in [0.5, 0.6) is 0 Å². The number of aryl methyl sites for hydroxylation is 2. The Hall–Kier alpha value is -3.09. The number of hydrogen-bond donors (Lipinski definition) is 2. The Labute approximate surface area is 145 Å². The summed E-state index contributed by atoms with van der Waals surface area (Å²) in [5.41, 5.74) is 8.62. The number of anilines is 1. The smallest absolute Gasteiger partial charge is 0.340 e. The highest BCUT2D eigenvalue weighted by atomic mass is 16.5. The van der Waals surface area contributed by atoms with E-state index in [4.69, 9.17) is 15.2 Å². The summed E-state index contributed by atoms with van der Waals surface area (Å²) < 4.78 is 9.77. The van der Waals surface area contributed by atoms with E-state index in [1.807, 2.05) is 0 Å². The van der Waals surface area contributed by atoms with Gasteiger partial charge in [-0.3, -0.25) is 4.79 Å². The summed E-state index contributed by atoms with van der Waals surface area (Å²) in [5, 5.41) is 0. The van der Waals surface area contributed by atoms with Crippen molar-refractivity contribution < 1.29 is 23.9 Å². The van der Waals surface area contributed by atoms with Gasteiger partial charge < -0.3 is 20.2 Å². The largest absolute Gasteiger partial charge is 0.465 e. The fraction of sp³-hybridized carbons (Fsp3) is 0.278. The molecule has 0 radical (unpaired) electrons. The van der Waals surface area contributed by atoms with E-state index in [-0.39, 0.29) is 11.3 Å². The minimum absolute atomic E-state index is 0.211. The molecule has 1 aromatic carbocycles. The Morgan fingerprint density at radius 2 is 1.80 bits per heavy atom. The van der Waals surface area contributed by atoms with Gasteiger partial charge in [-0.25, -0.2) is 9.59 Å². The Bertz CT molecular complexity index is 851. The first-order valence-corrected chi connectivity index (χ1v) is 7.60. The van der Waals surface area contributed by atoms with Crippen LogP contribution in [0.2, 0.25) is 0 Å². The van der Waals surface area contributed by atoms with Gasteiger partial charge >= 0.3 is 11.9 Å². The van der Waals surface area contributed by atoms with Gasteiger partial charge in [-0.05, 0) is 38.0 Å². The van der Waals surface area contributed by atoms with Gasteiger partial charge in [-0.2, -0.15) is 0 Å². The van der Waals surface area contributed by atoms with E-state index in [2.05, 4.69) is 4.98 Å². The molecule has 7 nitrogen and oxygen atoms in total. The number of esters is 2. The Kier molecular flexibility index (Phi) is 5.26. The maximum absolute atomic E-state index is 12.3. The first-order chi connectivity index (χ1) is 11.8. The number of aromatic amines is 1. The number of Topliss-reactive ketones (excluding diaryl/α,β-unsaturated/α-hetero) is 1. The van der Waals surface area contributed by atoms with Crippen LogP contribution in [0.4, 0.5) is 5.69 Å². The van der Waals surface area contributed by atoms with Crippen molar-refractivity contribution in [2.75, 3.05) is 19.5 Å². The van der Waals surface area contributed by atoms with Crippen molar-refractivity contribution in [3.05, 3.63) is 51.8 Å². The first-order valence-electron chi connectivity index (χ1n) is 7.60. The molecule has 1 aromatic heterocycles. The van der Waals surface area contributed by atoms with Crippen LogP contribution in [-0.4, -0.2) is 36.4 Å². The van der Waals surface area contributed by atoms with Crippen molar-refractivity contribution in [2.45, 2.75) is 20.8 Å². The number of para-hydroxylation sites is 1. The van der Waals surface area contributed by atoms with E-state index in [0.29, 0.717) is 22.5 Å². The van der Waals surface area contributed by atoms with E-state index in [9.17, 15) is 14.4 Å². The number of nitrogen functional groups attached to an aromatic ring is 1. The van der Waals surface area contributed by atoms with Crippen molar-refractivity contribution in [1.82, 2.24) is 4.98 Å². The van der Waals surface area contributed by atoms with Crippen molar-refractivity contribution >= 4 is 23.4 Å². The third kappa shape index (κ3) is 3.55. The number of carbonyl (C=O) groups is 3. The molecule has 0 aliphatic heterocycles. The second-order valence-electron chi connectivity index (χ2n) is 5.65. The number of nitrogens with two attached hydrogens (primary N) is 1. The molecule has 0 aliphatic carbocycles. The fourth-order valence-electron chi connectivity index (χ4n) is 2.58. The van der Waals surface area contributed by atoms with Gasteiger partial charge in [0.15, 0.2) is 6.61 Å². The highest BCUT2D eigenvalue weighted by Gasteiger charge is 2.23. The van der Waals surface area contributed by atoms with Crippen LogP contribution in [0.3, 0.4) is 0 Å². The number of methoxy groups -OCH3 is 1. The lowest BCUT2D eigenvalue weighted by Gasteiger charge is -2.08. The number of ether oxygens (including phenoxy) is 2. The summed E-state index contributed by atoms with van der Waals surface area (Å²) in [6, 6.07) is 5.00. The molecular formula is C18H20N2O5. The number of hydrogen-bond acceptors (Lipinski definition) is 6. The highest BCUT2D eigenvalue weighted by molar-refractivity contribution is 6.03. The number of nitrogens with one attached hydrogen (secondary N) is 1. The third-order valence-corrected chi connectivity index (χ3v) is 3.98. The molecule has 0 amide bonds. The molecule has 0 atom stereocenters. The van der Waals surface area contributed by atoms with E-state index in [0.717, 1.165) is 5.56 Å².